The molecule has 1 fully saturated rings. The lowest BCUT2D eigenvalue weighted by Crippen LogP contribution is -2.32. The van der Waals surface area contributed by atoms with E-state index in [2.05, 4.69) is 66.1 Å². The molecule has 7 heteroatoms. The third kappa shape index (κ3) is 2.98. The highest BCUT2D eigenvalue weighted by atomic mass is 16.4. The Hall–Kier alpha value is -3.61. The number of likely N-dealkylation sites (tertiary alicyclic amines) is 1. The Kier molecular flexibility index (Phi) is 4.21. The Labute approximate surface area is 192 Å². The predicted molar refractivity (Wildman–Crippen MR) is 126 cm³/mol. The van der Waals surface area contributed by atoms with Gasteiger partial charge in [0, 0.05) is 59.5 Å². The number of aromatic amines is 1. The fraction of sp³-hybridized carbons (Fsp3) is 0.346. The SMILES string of the molecule is CC(C)(c1ccccc1)c1c[nH]c2ncc(-c3cc4n(n3)CCC43CCN(C(=O)O)C3)cc12. The van der Waals surface area contributed by atoms with Crippen molar-refractivity contribution in [2.45, 2.75) is 44.1 Å². The lowest BCUT2D eigenvalue weighted by atomic mass is 9.78. The lowest BCUT2D eigenvalue weighted by Gasteiger charge is -2.25. The second-order valence-electron chi connectivity index (χ2n) is 9.94. The van der Waals surface area contributed by atoms with Crippen LogP contribution in [0.1, 0.15) is 43.5 Å². The van der Waals surface area contributed by atoms with E-state index in [0.29, 0.717) is 13.1 Å². The molecule has 1 atom stereocenters. The third-order valence-electron chi connectivity index (χ3n) is 7.75. The van der Waals surface area contributed by atoms with Gasteiger partial charge in [0.15, 0.2) is 0 Å². The molecule has 2 aliphatic rings. The van der Waals surface area contributed by atoms with E-state index in [-0.39, 0.29) is 10.8 Å². The van der Waals surface area contributed by atoms with E-state index in [0.717, 1.165) is 47.4 Å². The maximum atomic E-state index is 11.5. The maximum Gasteiger partial charge on any atom is 0.407 e. The number of pyridine rings is 1. The number of hydrogen-bond acceptors (Lipinski definition) is 3. The number of carboxylic acid groups (broad SMARTS) is 1. The molecule has 3 aromatic heterocycles. The molecular weight excluding hydrogens is 414 g/mol. The van der Waals surface area contributed by atoms with Crippen molar-refractivity contribution in [1.82, 2.24) is 24.6 Å². The number of hydrogen-bond donors (Lipinski definition) is 2. The third-order valence-corrected chi connectivity index (χ3v) is 7.75. The van der Waals surface area contributed by atoms with E-state index in [1.165, 1.54) is 16.0 Å². The molecule has 0 aliphatic carbocycles. The van der Waals surface area contributed by atoms with Crippen molar-refractivity contribution in [1.29, 1.82) is 0 Å². The van der Waals surface area contributed by atoms with Gasteiger partial charge >= 0.3 is 6.09 Å². The zero-order valence-corrected chi connectivity index (χ0v) is 18.9. The minimum absolute atomic E-state index is 0.115. The van der Waals surface area contributed by atoms with Gasteiger partial charge in [-0.25, -0.2) is 9.78 Å². The van der Waals surface area contributed by atoms with Gasteiger partial charge in [0.1, 0.15) is 5.65 Å². The van der Waals surface area contributed by atoms with E-state index in [9.17, 15) is 9.90 Å². The molecular formula is C26H27N5O2. The number of aryl methyl sites for hydroxylation is 1. The van der Waals surface area contributed by atoms with Crippen molar-refractivity contribution in [3.63, 3.8) is 0 Å². The predicted octanol–water partition coefficient (Wildman–Crippen LogP) is 4.78. The van der Waals surface area contributed by atoms with Gasteiger partial charge in [0.25, 0.3) is 0 Å². The van der Waals surface area contributed by atoms with Crippen LogP contribution in [-0.2, 0) is 17.4 Å². The Bertz CT molecular complexity index is 1370. The smallest absolute Gasteiger partial charge is 0.407 e. The van der Waals surface area contributed by atoms with Crippen LogP contribution in [0.3, 0.4) is 0 Å². The molecule has 2 N–H and O–H groups in total. The maximum absolute atomic E-state index is 11.5. The van der Waals surface area contributed by atoms with Crippen LogP contribution >= 0.6 is 0 Å². The summed E-state index contributed by atoms with van der Waals surface area (Å²) in [5.41, 5.74) is 6.07. The van der Waals surface area contributed by atoms with Crippen molar-refractivity contribution in [2.24, 2.45) is 0 Å². The number of rotatable bonds is 3. The number of aromatic nitrogens is 4. The highest BCUT2D eigenvalue weighted by Crippen LogP contribution is 2.44. The summed E-state index contributed by atoms with van der Waals surface area (Å²) in [6, 6.07) is 14.9. The van der Waals surface area contributed by atoms with Gasteiger partial charge in [0.2, 0.25) is 0 Å². The van der Waals surface area contributed by atoms with Gasteiger partial charge in [0.05, 0.1) is 5.69 Å². The van der Waals surface area contributed by atoms with E-state index >= 15 is 0 Å². The quantitative estimate of drug-likeness (QED) is 0.479. The van der Waals surface area contributed by atoms with Gasteiger partial charge in [-0.1, -0.05) is 44.2 Å². The number of benzene rings is 1. The van der Waals surface area contributed by atoms with E-state index in [1.807, 2.05) is 12.3 Å². The fourth-order valence-corrected chi connectivity index (χ4v) is 5.72. The second-order valence-corrected chi connectivity index (χ2v) is 9.94. The molecule has 168 valence electrons. The summed E-state index contributed by atoms with van der Waals surface area (Å²) in [4.78, 5) is 21.1. The van der Waals surface area contributed by atoms with Gasteiger partial charge in [-0.05, 0) is 36.1 Å². The molecule has 2 aliphatic heterocycles. The highest BCUT2D eigenvalue weighted by Gasteiger charge is 2.47. The van der Waals surface area contributed by atoms with Crippen molar-refractivity contribution in [2.75, 3.05) is 13.1 Å². The monoisotopic (exact) mass is 441 g/mol. The molecule has 1 amide bonds. The first-order valence-electron chi connectivity index (χ1n) is 11.5. The first-order valence-corrected chi connectivity index (χ1v) is 11.5. The Morgan fingerprint density at radius 3 is 2.70 bits per heavy atom. The highest BCUT2D eigenvalue weighted by molar-refractivity contribution is 5.85. The minimum Gasteiger partial charge on any atom is -0.465 e. The van der Waals surface area contributed by atoms with Crippen LogP contribution in [0.15, 0.2) is 54.9 Å². The average molecular weight is 442 g/mol. The molecule has 1 aromatic carbocycles. The molecule has 0 bridgehead atoms. The molecule has 7 nitrogen and oxygen atoms in total. The zero-order chi connectivity index (χ0) is 22.8. The largest absolute Gasteiger partial charge is 0.465 e. The molecule has 0 saturated carbocycles. The number of carbonyl (C=O) groups is 1. The number of nitrogens with zero attached hydrogens (tertiary/aromatic N) is 4. The summed E-state index contributed by atoms with van der Waals surface area (Å²) in [7, 11) is 0. The lowest BCUT2D eigenvalue weighted by molar-refractivity contribution is 0.153. The summed E-state index contributed by atoms with van der Waals surface area (Å²) in [5, 5.41) is 15.4. The minimum atomic E-state index is -0.833. The molecule has 33 heavy (non-hydrogen) atoms. The van der Waals surface area contributed by atoms with Crippen molar-refractivity contribution in [3.8, 4) is 11.3 Å². The van der Waals surface area contributed by atoms with Crippen molar-refractivity contribution in [3.05, 3.63) is 71.7 Å². The first-order chi connectivity index (χ1) is 15.9. The molecule has 0 radical (unpaired) electrons. The molecule has 1 spiro atoms. The average Bonchev–Trinajstić information content (AvgIpc) is 3.59. The second kappa shape index (κ2) is 6.94. The number of H-pyrrole nitrogens is 1. The number of fused-ring (bicyclic) bond motifs is 3. The summed E-state index contributed by atoms with van der Waals surface area (Å²) in [6.45, 7) is 6.44. The Morgan fingerprint density at radius 1 is 1.15 bits per heavy atom. The molecule has 4 aromatic rings. The summed E-state index contributed by atoms with van der Waals surface area (Å²) >= 11 is 0. The van der Waals surface area contributed by atoms with Crippen molar-refractivity contribution < 1.29 is 9.90 Å². The van der Waals surface area contributed by atoms with Gasteiger partial charge in [-0.15, -0.1) is 0 Å². The Morgan fingerprint density at radius 2 is 1.94 bits per heavy atom. The van der Waals surface area contributed by atoms with Gasteiger partial charge < -0.3 is 15.0 Å². The van der Waals surface area contributed by atoms with Crippen LogP contribution in [0, 0.1) is 0 Å². The van der Waals surface area contributed by atoms with Gasteiger partial charge in [-0.2, -0.15) is 5.10 Å². The standard InChI is InChI=1S/C26H27N5O2/c1-25(2,18-6-4-3-5-7-18)20-15-28-23-19(20)12-17(14-27-23)21-13-22-26(9-11-31(22)29-21)8-10-30(16-26)24(32)33/h3-7,12-15H,8-11,16H2,1-2H3,(H,27,28)(H,32,33). The Balaban J connectivity index is 1.39. The van der Waals surface area contributed by atoms with Gasteiger partial charge in [-0.3, -0.25) is 4.68 Å². The van der Waals surface area contributed by atoms with E-state index in [4.69, 9.17) is 10.1 Å². The normalized spacial score (nSPS) is 20.1. The first kappa shape index (κ1) is 20.0. The number of nitrogens with one attached hydrogen (secondary N) is 1. The molecule has 1 unspecified atom stereocenters. The molecule has 1 saturated heterocycles. The summed E-state index contributed by atoms with van der Waals surface area (Å²) in [6.07, 6.45) is 4.91. The molecule has 5 heterocycles. The summed E-state index contributed by atoms with van der Waals surface area (Å²) in [5.74, 6) is 0. The molecule has 6 rings (SSSR count). The fourth-order valence-electron chi connectivity index (χ4n) is 5.72. The van der Waals surface area contributed by atoms with E-state index < -0.39 is 6.09 Å². The van der Waals surface area contributed by atoms with E-state index in [1.54, 1.807) is 0 Å². The summed E-state index contributed by atoms with van der Waals surface area (Å²) < 4.78 is 2.07. The van der Waals surface area contributed by atoms with Crippen LogP contribution in [0.4, 0.5) is 4.79 Å². The number of amides is 1. The van der Waals surface area contributed by atoms with Crippen LogP contribution in [-0.4, -0.2) is 48.9 Å². The van der Waals surface area contributed by atoms with Crippen LogP contribution < -0.4 is 0 Å². The van der Waals surface area contributed by atoms with Crippen molar-refractivity contribution >= 4 is 17.1 Å². The van der Waals surface area contributed by atoms with Crippen LogP contribution in [0.25, 0.3) is 22.3 Å². The topological polar surface area (TPSA) is 87.0 Å². The van der Waals surface area contributed by atoms with Crippen LogP contribution in [0.5, 0.6) is 0 Å². The zero-order valence-electron chi connectivity index (χ0n) is 18.9. The van der Waals surface area contributed by atoms with Crippen LogP contribution in [0.2, 0.25) is 0 Å².